The van der Waals surface area contributed by atoms with Gasteiger partial charge in [-0.05, 0) is 32.1 Å². The third-order valence-electron chi connectivity index (χ3n) is 2.88. The van der Waals surface area contributed by atoms with Gasteiger partial charge in [0.25, 0.3) is 0 Å². The van der Waals surface area contributed by atoms with E-state index in [1.54, 1.807) is 0 Å². The molecule has 0 aromatic rings. The van der Waals surface area contributed by atoms with Crippen molar-refractivity contribution in [3.8, 4) is 0 Å². The lowest BCUT2D eigenvalue weighted by atomic mass is 9.84. The van der Waals surface area contributed by atoms with Crippen LogP contribution in [0.1, 0.15) is 40.0 Å². The quantitative estimate of drug-likeness (QED) is 0.683. The topological polar surface area (TPSA) is 20.2 Å². The van der Waals surface area contributed by atoms with Gasteiger partial charge in [0, 0.05) is 5.92 Å². The van der Waals surface area contributed by atoms with E-state index in [1.807, 2.05) is 6.08 Å². The van der Waals surface area contributed by atoms with Gasteiger partial charge in [-0.2, -0.15) is 0 Å². The van der Waals surface area contributed by atoms with Crippen LogP contribution in [0, 0.1) is 11.8 Å². The number of allylic oxidation sites excluding steroid dienone is 2. The lowest BCUT2D eigenvalue weighted by Crippen LogP contribution is -2.21. The van der Waals surface area contributed by atoms with Gasteiger partial charge < -0.3 is 5.11 Å². The molecule has 1 N–H and O–H groups in total. The Kier molecular flexibility index (Phi) is 4.40. The van der Waals surface area contributed by atoms with Crippen molar-refractivity contribution >= 4 is 0 Å². The number of hydrogen-bond donors (Lipinski definition) is 1. The molecule has 0 aromatic heterocycles. The lowest BCUT2D eigenvalue weighted by molar-refractivity contribution is 0.160. The molecule has 0 heterocycles. The van der Waals surface area contributed by atoms with Crippen LogP contribution in [0.4, 0.5) is 0 Å². The van der Waals surface area contributed by atoms with Crippen molar-refractivity contribution < 1.29 is 5.11 Å². The largest absolute Gasteiger partial charge is 0.388 e. The molecule has 1 rings (SSSR count). The van der Waals surface area contributed by atoms with Crippen molar-refractivity contribution in [1.82, 2.24) is 0 Å². The molecule has 0 aromatic carbocycles. The first-order valence-electron chi connectivity index (χ1n) is 5.64. The van der Waals surface area contributed by atoms with Crippen LogP contribution in [0.15, 0.2) is 23.8 Å². The predicted molar refractivity (Wildman–Crippen MR) is 61.1 cm³/mol. The van der Waals surface area contributed by atoms with E-state index in [2.05, 4.69) is 32.9 Å². The molecule has 2 atom stereocenters. The van der Waals surface area contributed by atoms with Crippen molar-refractivity contribution in [2.45, 2.75) is 46.1 Å². The second kappa shape index (κ2) is 5.35. The Hall–Kier alpha value is -0.560. The molecule has 1 heteroatoms. The van der Waals surface area contributed by atoms with Gasteiger partial charge in [0.2, 0.25) is 0 Å². The van der Waals surface area contributed by atoms with E-state index in [4.69, 9.17) is 0 Å². The van der Waals surface area contributed by atoms with Crippen LogP contribution in [0.3, 0.4) is 0 Å². The highest BCUT2D eigenvalue weighted by atomic mass is 16.3. The summed E-state index contributed by atoms with van der Waals surface area (Å²) in [4.78, 5) is 0. The molecule has 0 saturated heterocycles. The predicted octanol–water partition coefficient (Wildman–Crippen LogP) is 3.31. The lowest BCUT2D eigenvalue weighted by Gasteiger charge is -2.25. The van der Waals surface area contributed by atoms with Crippen LogP contribution in [0.5, 0.6) is 0 Å². The zero-order valence-electron chi connectivity index (χ0n) is 9.53. The first-order chi connectivity index (χ1) is 6.61. The monoisotopic (exact) mass is 194 g/mol. The van der Waals surface area contributed by atoms with Crippen molar-refractivity contribution in [3.63, 3.8) is 0 Å². The molecule has 0 radical (unpaired) electrons. The van der Waals surface area contributed by atoms with Crippen molar-refractivity contribution in [3.05, 3.63) is 23.8 Å². The summed E-state index contributed by atoms with van der Waals surface area (Å²) in [5.74, 6) is 0.885. The van der Waals surface area contributed by atoms with Gasteiger partial charge in [0.05, 0.1) is 6.10 Å². The summed E-state index contributed by atoms with van der Waals surface area (Å²) >= 11 is 0. The Morgan fingerprint density at radius 1 is 1.43 bits per heavy atom. The van der Waals surface area contributed by atoms with Gasteiger partial charge in [0.15, 0.2) is 0 Å². The van der Waals surface area contributed by atoms with Gasteiger partial charge in [-0.1, -0.05) is 37.6 Å². The fraction of sp³-hybridized carbons (Fsp3) is 0.692. The van der Waals surface area contributed by atoms with Gasteiger partial charge in [-0.25, -0.2) is 0 Å². The van der Waals surface area contributed by atoms with Crippen molar-refractivity contribution in [2.75, 3.05) is 0 Å². The number of hydrogen-bond acceptors (Lipinski definition) is 1. The Morgan fingerprint density at radius 2 is 2.14 bits per heavy atom. The zero-order valence-corrected chi connectivity index (χ0v) is 9.53. The Balaban J connectivity index is 2.55. The van der Waals surface area contributed by atoms with Crippen LogP contribution in [-0.2, 0) is 0 Å². The highest BCUT2D eigenvalue weighted by Gasteiger charge is 2.20. The molecule has 1 aliphatic carbocycles. The highest BCUT2D eigenvalue weighted by molar-refractivity contribution is 5.12. The summed E-state index contributed by atoms with van der Waals surface area (Å²) in [6, 6.07) is 0. The maximum Gasteiger partial charge on any atom is 0.0786 e. The fourth-order valence-corrected chi connectivity index (χ4v) is 1.96. The minimum Gasteiger partial charge on any atom is -0.388 e. The Labute approximate surface area is 87.5 Å². The van der Waals surface area contributed by atoms with Gasteiger partial charge in [-0.15, -0.1) is 0 Å². The average Bonchev–Trinajstić information content (AvgIpc) is 2.15. The maximum absolute atomic E-state index is 9.97. The Bertz CT molecular complexity index is 225. The van der Waals surface area contributed by atoms with Crippen LogP contribution in [0.2, 0.25) is 0 Å². The number of aliphatic hydroxyl groups is 1. The third kappa shape index (κ3) is 3.30. The van der Waals surface area contributed by atoms with Gasteiger partial charge in [0.1, 0.15) is 0 Å². The summed E-state index contributed by atoms with van der Waals surface area (Å²) < 4.78 is 0. The second-order valence-electron chi connectivity index (χ2n) is 4.61. The third-order valence-corrected chi connectivity index (χ3v) is 2.88. The summed E-state index contributed by atoms with van der Waals surface area (Å²) in [6.45, 7) is 6.40. The summed E-state index contributed by atoms with van der Waals surface area (Å²) in [7, 11) is 0. The van der Waals surface area contributed by atoms with Crippen LogP contribution in [0.25, 0.3) is 0 Å². The van der Waals surface area contributed by atoms with E-state index >= 15 is 0 Å². The molecule has 0 fully saturated rings. The molecule has 2 unspecified atom stereocenters. The molecule has 0 aliphatic heterocycles. The zero-order chi connectivity index (χ0) is 10.6. The van der Waals surface area contributed by atoms with Crippen LogP contribution >= 0.6 is 0 Å². The number of rotatable bonds is 3. The van der Waals surface area contributed by atoms with Crippen molar-refractivity contribution in [2.24, 2.45) is 11.8 Å². The number of aliphatic hydroxyl groups excluding tert-OH is 1. The van der Waals surface area contributed by atoms with E-state index in [0.29, 0.717) is 11.8 Å². The van der Waals surface area contributed by atoms with E-state index in [1.165, 1.54) is 18.4 Å². The molecular formula is C13H22O. The molecule has 80 valence electrons. The first-order valence-corrected chi connectivity index (χ1v) is 5.64. The minimum atomic E-state index is -0.283. The minimum absolute atomic E-state index is 0.283. The molecule has 14 heavy (non-hydrogen) atoms. The molecule has 0 saturated carbocycles. The highest BCUT2D eigenvalue weighted by Crippen LogP contribution is 2.27. The summed E-state index contributed by atoms with van der Waals surface area (Å²) in [5, 5.41) is 9.97. The first kappa shape index (κ1) is 11.5. The fourth-order valence-electron chi connectivity index (χ4n) is 1.96. The molecule has 0 spiro atoms. The molecule has 0 amide bonds. The Morgan fingerprint density at radius 3 is 2.71 bits per heavy atom. The molecule has 1 nitrogen and oxygen atoms in total. The van der Waals surface area contributed by atoms with Crippen molar-refractivity contribution in [1.29, 1.82) is 0 Å². The van der Waals surface area contributed by atoms with Crippen LogP contribution in [-0.4, -0.2) is 11.2 Å². The van der Waals surface area contributed by atoms with E-state index in [-0.39, 0.29) is 6.10 Å². The van der Waals surface area contributed by atoms with Gasteiger partial charge >= 0.3 is 0 Å². The standard InChI is InChI=1S/C13H22O/c1-10(2)8-9-13(14)12-7-5-4-6-11(12)3/h6,8-10,12-14H,4-5,7H2,1-3H3. The van der Waals surface area contributed by atoms with Gasteiger partial charge in [-0.3, -0.25) is 0 Å². The summed E-state index contributed by atoms with van der Waals surface area (Å²) in [6.07, 6.45) is 9.56. The van der Waals surface area contributed by atoms with E-state index in [9.17, 15) is 5.11 Å². The normalized spacial score (nSPS) is 25.5. The smallest absolute Gasteiger partial charge is 0.0786 e. The maximum atomic E-state index is 9.97. The average molecular weight is 194 g/mol. The second-order valence-corrected chi connectivity index (χ2v) is 4.61. The molecular weight excluding hydrogens is 172 g/mol. The SMILES string of the molecule is CC1=CCCCC1C(O)C=CC(C)C. The van der Waals surface area contributed by atoms with E-state index < -0.39 is 0 Å². The van der Waals surface area contributed by atoms with Crippen LogP contribution < -0.4 is 0 Å². The molecule has 0 bridgehead atoms. The molecule has 1 aliphatic rings. The van der Waals surface area contributed by atoms with E-state index in [0.717, 1.165) is 6.42 Å². The summed E-state index contributed by atoms with van der Waals surface area (Å²) in [5.41, 5.74) is 1.36.